The zero-order chi connectivity index (χ0) is 25.4. The number of ether oxygens (including phenoxy) is 3. The fourth-order valence-electron chi connectivity index (χ4n) is 3.09. The van der Waals surface area contributed by atoms with Crippen molar-refractivity contribution in [2.24, 2.45) is 0 Å². The van der Waals surface area contributed by atoms with E-state index >= 15 is 0 Å². The van der Waals surface area contributed by atoms with Crippen LogP contribution in [-0.4, -0.2) is 36.7 Å². The molecule has 182 valence electrons. The molecule has 0 saturated carbocycles. The van der Waals surface area contributed by atoms with Gasteiger partial charge in [-0.05, 0) is 61.5 Å². The molecule has 0 radical (unpaired) electrons. The Balaban J connectivity index is 1.66. The van der Waals surface area contributed by atoms with Crippen molar-refractivity contribution < 1.29 is 28.6 Å². The van der Waals surface area contributed by atoms with Gasteiger partial charge in [0.25, 0.3) is 5.91 Å². The second kappa shape index (κ2) is 12.1. The Morgan fingerprint density at radius 1 is 1.00 bits per heavy atom. The summed E-state index contributed by atoms with van der Waals surface area (Å²) in [5, 5.41) is 5.63. The number of esters is 2. The molecule has 2 aromatic carbocycles. The summed E-state index contributed by atoms with van der Waals surface area (Å²) in [4.78, 5) is 37.4. The van der Waals surface area contributed by atoms with Crippen LogP contribution in [-0.2, 0) is 16.1 Å². The number of hydrogen-bond donors (Lipinski definition) is 2. The van der Waals surface area contributed by atoms with Crippen LogP contribution >= 0.6 is 23.6 Å². The van der Waals surface area contributed by atoms with Gasteiger partial charge in [0.15, 0.2) is 5.11 Å². The van der Waals surface area contributed by atoms with E-state index in [-0.39, 0.29) is 27.2 Å². The largest absolute Gasteiger partial charge is 0.489 e. The molecule has 0 fully saturated rings. The van der Waals surface area contributed by atoms with E-state index in [4.69, 9.17) is 26.4 Å². The first-order valence-corrected chi connectivity index (χ1v) is 11.8. The first-order valence-electron chi connectivity index (χ1n) is 10.6. The summed E-state index contributed by atoms with van der Waals surface area (Å²) in [5.74, 6) is -1.03. The van der Waals surface area contributed by atoms with Gasteiger partial charge < -0.3 is 19.5 Å². The van der Waals surface area contributed by atoms with Gasteiger partial charge in [0.05, 0.1) is 19.3 Å². The van der Waals surface area contributed by atoms with Crippen LogP contribution in [0.3, 0.4) is 0 Å². The third-order valence-corrected chi connectivity index (χ3v) is 6.21. The molecule has 1 heterocycles. The number of rotatable bonds is 8. The highest BCUT2D eigenvalue weighted by Gasteiger charge is 2.26. The number of hydrogen-bond acceptors (Lipinski definition) is 8. The number of methoxy groups -OCH3 is 1. The Morgan fingerprint density at radius 2 is 1.69 bits per heavy atom. The maximum atomic E-state index is 12.6. The number of amides is 1. The Morgan fingerprint density at radius 3 is 2.31 bits per heavy atom. The van der Waals surface area contributed by atoms with Gasteiger partial charge in [-0.3, -0.25) is 10.1 Å². The molecule has 0 aliphatic carbocycles. The zero-order valence-electron chi connectivity index (χ0n) is 19.4. The highest BCUT2D eigenvalue weighted by Crippen LogP contribution is 2.34. The summed E-state index contributed by atoms with van der Waals surface area (Å²) in [7, 11) is 1.25. The molecule has 0 aliphatic rings. The molecule has 10 heteroatoms. The lowest BCUT2D eigenvalue weighted by Gasteiger charge is -2.11. The lowest BCUT2D eigenvalue weighted by molar-refractivity contribution is 0.0527. The lowest BCUT2D eigenvalue weighted by atomic mass is 10.1. The molecule has 0 aliphatic heterocycles. The molecule has 0 saturated heterocycles. The predicted octanol–water partition coefficient (Wildman–Crippen LogP) is 4.73. The van der Waals surface area contributed by atoms with Crippen LogP contribution in [0.25, 0.3) is 0 Å². The van der Waals surface area contributed by atoms with Crippen molar-refractivity contribution in [2.75, 3.05) is 19.0 Å². The first kappa shape index (κ1) is 25.9. The van der Waals surface area contributed by atoms with Gasteiger partial charge in [-0.1, -0.05) is 30.3 Å². The summed E-state index contributed by atoms with van der Waals surface area (Å²) < 4.78 is 15.6. The number of benzene rings is 2. The summed E-state index contributed by atoms with van der Waals surface area (Å²) >= 11 is 6.25. The van der Waals surface area contributed by atoms with Crippen LogP contribution in [0, 0.1) is 6.92 Å². The Kier molecular flexibility index (Phi) is 8.93. The van der Waals surface area contributed by atoms with Crippen molar-refractivity contribution in [3.8, 4) is 5.75 Å². The van der Waals surface area contributed by atoms with Crippen LogP contribution < -0.4 is 15.4 Å². The maximum absolute atomic E-state index is 12.6. The smallest absolute Gasteiger partial charge is 0.348 e. The van der Waals surface area contributed by atoms with E-state index in [1.807, 2.05) is 30.3 Å². The lowest BCUT2D eigenvalue weighted by Crippen LogP contribution is -2.34. The number of anilines is 1. The van der Waals surface area contributed by atoms with Gasteiger partial charge in [-0.15, -0.1) is 11.3 Å². The predicted molar refractivity (Wildman–Crippen MR) is 137 cm³/mol. The van der Waals surface area contributed by atoms with Crippen LogP contribution in [0.1, 0.15) is 48.4 Å². The van der Waals surface area contributed by atoms with Gasteiger partial charge >= 0.3 is 11.9 Å². The quantitative estimate of drug-likeness (QED) is 0.330. The molecular weight excluding hydrogens is 488 g/mol. The molecule has 8 nitrogen and oxygen atoms in total. The van der Waals surface area contributed by atoms with Crippen molar-refractivity contribution in [1.82, 2.24) is 5.32 Å². The average molecular weight is 513 g/mol. The van der Waals surface area contributed by atoms with Gasteiger partial charge in [0, 0.05) is 5.56 Å². The third-order valence-electron chi connectivity index (χ3n) is 4.82. The van der Waals surface area contributed by atoms with Crippen LogP contribution in [0.4, 0.5) is 5.00 Å². The highest BCUT2D eigenvalue weighted by molar-refractivity contribution is 7.80. The van der Waals surface area contributed by atoms with Crippen molar-refractivity contribution in [2.45, 2.75) is 20.5 Å². The van der Waals surface area contributed by atoms with Crippen molar-refractivity contribution >= 4 is 51.5 Å². The first-order chi connectivity index (χ1) is 16.8. The molecule has 1 amide bonds. The van der Waals surface area contributed by atoms with E-state index in [9.17, 15) is 14.4 Å². The number of carbonyl (C=O) groups is 3. The number of thiophene rings is 1. The van der Waals surface area contributed by atoms with Gasteiger partial charge in [0.2, 0.25) is 0 Å². The SMILES string of the molecule is CCOC(=O)c1c(NC(=S)NC(=O)c2ccc(OCc3ccccc3)cc2)sc(C(=O)OC)c1C. The minimum atomic E-state index is -0.612. The molecule has 2 N–H and O–H groups in total. The van der Waals surface area contributed by atoms with Crippen molar-refractivity contribution in [1.29, 1.82) is 0 Å². The number of thiocarbonyl (C=S) groups is 1. The molecule has 3 rings (SSSR count). The minimum absolute atomic E-state index is 0.0392. The Hall–Kier alpha value is -3.76. The second-order valence-corrected chi connectivity index (χ2v) is 8.61. The van der Waals surface area contributed by atoms with Gasteiger partial charge in [-0.2, -0.15) is 0 Å². The van der Waals surface area contributed by atoms with Crippen LogP contribution in [0.2, 0.25) is 0 Å². The molecule has 3 aromatic rings. The fraction of sp³-hybridized carbons (Fsp3) is 0.200. The van der Waals surface area contributed by atoms with E-state index in [1.165, 1.54) is 7.11 Å². The van der Waals surface area contributed by atoms with E-state index in [0.717, 1.165) is 16.9 Å². The number of nitrogens with one attached hydrogen (secondary N) is 2. The molecule has 1 aromatic heterocycles. The normalized spacial score (nSPS) is 10.3. The third kappa shape index (κ3) is 6.65. The van der Waals surface area contributed by atoms with E-state index in [1.54, 1.807) is 38.1 Å². The molecule has 0 spiro atoms. The molecule has 35 heavy (non-hydrogen) atoms. The second-order valence-electron chi connectivity index (χ2n) is 7.18. The van der Waals surface area contributed by atoms with Gasteiger partial charge in [0.1, 0.15) is 22.2 Å². The summed E-state index contributed by atoms with van der Waals surface area (Å²) in [6.07, 6.45) is 0. The molecule has 0 atom stereocenters. The van der Waals surface area contributed by atoms with Gasteiger partial charge in [-0.25, -0.2) is 9.59 Å². The maximum Gasteiger partial charge on any atom is 0.348 e. The Bertz CT molecular complexity index is 1220. The van der Waals surface area contributed by atoms with E-state index in [0.29, 0.717) is 23.5 Å². The number of carbonyl (C=O) groups excluding carboxylic acids is 3. The fourth-order valence-corrected chi connectivity index (χ4v) is 4.47. The summed E-state index contributed by atoms with van der Waals surface area (Å²) in [6, 6.07) is 16.4. The van der Waals surface area contributed by atoms with E-state index < -0.39 is 17.8 Å². The van der Waals surface area contributed by atoms with Crippen molar-refractivity contribution in [3.63, 3.8) is 0 Å². The summed E-state index contributed by atoms with van der Waals surface area (Å²) in [6.45, 7) is 3.87. The highest BCUT2D eigenvalue weighted by atomic mass is 32.1. The topological polar surface area (TPSA) is 103 Å². The Labute approximate surface area is 212 Å². The molecule has 0 bridgehead atoms. The molecule has 0 unspecified atom stereocenters. The standard InChI is InChI=1S/C25H24N2O6S2/c1-4-32-23(29)19-15(2)20(24(30)31-3)35-22(19)27-25(34)26-21(28)17-10-12-18(13-11-17)33-14-16-8-6-5-7-9-16/h5-13H,4,14H2,1-3H3,(H2,26,27,28,34). The average Bonchev–Trinajstić information content (AvgIpc) is 3.18. The van der Waals surface area contributed by atoms with Crippen LogP contribution in [0.15, 0.2) is 54.6 Å². The van der Waals surface area contributed by atoms with E-state index in [2.05, 4.69) is 10.6 Å². The minimum Gasteiger partial charge on any atom is -0.489 e. The van der Waals surface area contributed by atoms with Crippen molar-refractivity contribution in [3.05, 3.63) is 81.7 Å². The monoisotopic (exact) mass is 512 g/mol. The zero-order valence-corrected chi connectivity index (χ0v) is 21.0. The summed E-state index contributed by atoms with van der Waals surface area (Å²) in [5.41, 5.74) is 1.97. The molecular formula is C25H24N2O6S2. The van der Waals surface area contributed by atoms with Crippen LogP contribution in [0.5, 0.6) is 5.75 Å².